The van der Waals surface area contributed by atoms with E-state index in [1.54, 1.807) is 25.9 Å². The number of hydrogen-bond acceptors (Lipinski definition) is 9. The quantitative estimate of drug-likeness (QED) is 0.246. The van der Waals surface area contributed by atoms with Gasteiger partial charge in [0.1, 0.15) is 17.9 Å². The number of ketones is 2. The molecule has 1 aromatic heterocycles. The number of anilines is 1. The van der Waals surface area contributed by atoms with Crippen LogP contribution in [0, 0.1) is 24.6 Å². The van der Waals surface area contributed by atoms with Crippen LogP contribution in [0.5, 0.6) is 5.88 Å². The smallest absolute Gasteiger partial charge is 0.265 e. The van der Waals surface area contributed by atoms with Crippen LogP contribution in [-0.4, -0.2) is 68.8 Å². The second-order valence-corrected chi connectivity index (χ2v) is 20.6. The Kier molecular flexibility index (Phi) is 8.70. The Morgan fingerprint density at radius 2 is 1.78 bits per heavy atom. The first kappa shape index (κ1) is 35.3. The van der Waals surface area contributed by atoms with Gasteiger partial charge in [-0.1, -0.05) is 62.7 Å². The molecule has 0 radical (unpaired) electrons. The number of ether oxygens (including phenoxy) is 1. The number of Topliss-reactive ketones (excluding diaryl/α,β-unsaturated/α-hetero) is 2. The Bertz CT molecular complexity index is 1880. The first-order valence-corrected chi connectivity index (χ1v) is 19.9. The molecule has 4 atom stereocenters. The Morgan fingerprint density at radius 1 is 1.12 bits per heavy atom. The third-order valence-corrected chi connectivity index (χ3v) is 15.9. The molecule has 0 saturated carbocycles. The minimum absolute atomic E-state index is 0.00601. The molecule has 6 rings (SSSR count). The van der Waals surface area contributed by atoms with Crippen molar-refractivity contribution in [3.05, 3.63) is 86.1 Å². The minimum atomic E-state index is -2.87. The molecule has 49 heavy (non-hydrogen) atoms. The lowest BCUT2D eigenvalue weighted by molar-refractivity contribution is -0.0481. The summed E-state index contributed by atoms with van der Waals surface area (Å²) in [7, 11) is 4.26. The van der Waals surface area contributed by atoms with Gasteiger partial charge in [0.15, 0.2) is 31.3 Å². The molecule has 0 spiro atoms. The van der Waals surface area contributed by atoms with Crippen LogP contribution in [0.25, 0.3) is 0 Å². The summed E-state index contributed by atoms with van der Waals surface area (Å²) in [5, 5.41) is 16.7. The highest BCUT2D eigenvalue weighted by molar-refractivity contribution is 6.74. The average Bonchev–Trinajstić information content (AvgIpc) is 3.43. The summed E-state index contributed by atoms with van der Waals surface area (Å²) in [6.45, 7) is 12.0. The zero-order valence-electron chi connectivity index (χ0n) is 29.8. The maximum Gasteiger partial charge on any atom is 0.265 e. The van der Waals surface area contributed by atoms with Gasteiger partial charge in [0.2, 0.25) is 5.78 Å². The van der Waals surface area contributed by atoms with Gasteiger partial charge in [0.05, 0.1) is 16.8 Å². The molecule has 0 fully saturated rings. The number of fused-ring (bicyclic) bond motifs is 4. The van der Waals surface area contributed by atoms with Crippen LogP contribution in [0.2, 0.25) is 23.2 Å². The van der Waals surface area contributed by atoms with Crippen LogP contribution in [0.3, 0.4) is 0 Å². The predicted octanol–water partition coefficient (Wildman–Crippen LogP) is 7.87. The van der Waals surface area contributed by atoms with Gasteiger partial charge >= 0.3 is 0 Å². The lowest BCUT2D eigenvalue weighted by Gasteiger charge is -2.55. The molecule has 0 saturated heterocycles. The molecule has 1 heterocycles. The van der Waals surface area contributed by atoms with E-state index in [9.17, 15) is 9.90 Å². The molecular formula is C37H45ClFN3O6Si. The number of hydrogen-bond donors (Lipinski definition) is 1. The molecule has 12 heteroatoms. The highest BCUT2D eigenvalue weighted by atomic mass is 35.5. The van der Waals surface area contributed by atoms with Crippen molar-refractivity contribution in [1.82, 2.24) is 10.1 Å². The molecule has 3 aliphatic carbocycles. The second kappa shape index (κ2) is 12.1. The largest absolute Gasteiger partial charge is 0.508 e. The number of nitrogens with zero attached hydrogens (tertiary/aromatic N) is 3. The maximum absolute atomic E-state index is 16.2. The molecule has 1 N–H and O–H groups in total. The van der Waals surface area contributed by atoms with Crippen molar-refractivity contribution in [3.8, 4) is 5.88 Å². The van der Waals surface area contributed by atoms with E-state index >= 15 is 9.18 Å². The number of carbonyl (C=O) groups is 2. The molecule has 3 aliphatic rings. The summed E-state index contributed by atoms with van der Waals surface area (Å²) < 4.78 is 35.4. The van der Waals surface area contributed by atoms with Crippen LogP contribution in [-0.2, 0) is 17.5 Å². The zero-order chi connectivity index (χ0) is 36.0. The minimum Gasteiger partial charge on any atom is -0.508 e. The Morgan fingerprint density at radius 3 is 2.37 bits per heavy atom. The van der Waals surface area contributed by atoms with Gasteiger partial charge in [0.25, 0.3) is 5.88 Å². The number of aliphatic hydroxyl groups excluding tert-OH is 1. The van der Waals surface area contributed by atoms with E-state index in [-0.39, 0.29) is 63.3 Å². The monoisotopic (exact) mass is 709 g/mol. The Labute approximate surface area is 293 Å². The van der Waals surface area contributed by atoms with Crippen molar-refractivity contribution in [2.45, 2.75) is 76.9 Å². The van der Waals surface area contributed by atoms with Crippen molar-refractivity contribution < 1.29 is 32.8 Å². The van der Waals surface area contributed by atoms with E-state index in [1.165, 1.54) is 0 Å². The fraction of sp³-hybridized carbons (Fsp3) is 0.486. The lowest BCUT2D eigenvalue weighted by atomic mass is 9.58. The van der Waals surface area contributed by atoms with E-state index in [0.717, 1.165) is 5.56 Å². The number of aromatic nitrogens is 1. The van der Waals surface area contributed by atoms with Crippen molar-refractivity contribution in [2.24, 2.45) is 11.8 Å². The number of aliphatic hydroxyl groups is 1. The number of benzene rings is 2. The highest BCUT2D eigenvalue weighted by Crippen LogP contribution is 2.60. The van der Waals surface area contributed by atoms with Crippen LogP contribution >= 0.6 is 11.6 Å². The molecule has 0 unspecified atom stereocenters. The van der Waals surface area contributed by atoms with Gasteiger partial charge in [0, 0.05) is 36.7 Å². The Balaban J connectivity index is 1.60. The SMILES string of the molecule is Cc1c(Cl)c(N(C)C)c(F)c2c1C(=O)C1=C(O)[C@]3(O[Si](C)(C)C(C)(C)C)C(=O)c4c(OCc5ccccc5)noc4[C@@H](N(C)C)[C@@H]3C[C@@H]1C2. The maximum atomic E-state index is 16.2. The normalized spacial score (nSPS) is 23.7. The zero-order valence-corrected chi connectivity index (χ0v) is 31.6. The van der Waals surface area contributed by atoms with Crippen molar-refractivity contribution in [3.63, 3.8) is 0 Å². The first-order chi connectivity index (χ1) is 22.8. The van der Waals surface area contributed by atoms with Gasteiger partial charge in [-0.2, -0.15) is 0 Å². The molecule has 3 aromatic rings. The standard InChI is InChI=1S/C37H45ClFN3O6Si/c1-19-24-22(28(39)30(27(19)38)42(7)8)16-21-17-23-29(41(5)6)32-26(35(40-47-32)46-18-20-14-12-11-13-15-20)34(45)37(23,33(44)25(21)31(24)43)48-49(9,10)36(2,3)4/h11-15,21,23,29,44H,16-18H2,1-10H3/t21-,23-,29-,37-/m0/s1. The van der Waals surface area contributed by atoms with Gasteiger partial charge in [-0.3, -0.25) is 14.5 Å². The van der Waals surface area contributed by atoms with Crippen molar-refractivity contribution in [2.75, 3.05) is 33.1 Å². The summed E-state index contributed by atoms with van der Waals surface area (Å²) in [4.78, 5) is 33.4. The van der Waals surface area contributed by atoms with Crippen LogP contribution in [0.1, 0.15) is 76.4 Å². The van der Waals surface area contributed by atoms with Crippen LogP contribution in [0.4, 0.5) is 10.1 Å². The molecule has 2 aromatic carbocycles. The number of halogens is 2. The van der Waals surface area contributed by atoms with E-state index < -0.39 is 54.9 Å². The highest BCUT2D eigenvalue weighted by Gasteiger charge is 2.67. The molecular weight excluding hydrogens is 665 g/mol. The summed E-state index contributed by atoms with van der Waals surface area (Å²) in [6.07, 6.45) is 0.382. The van der Waals surface area contributed by atoms with Gasteiger partial charge in [-0.25, -0.2) is 4.39 Å². The van der Waals surface area contributed by atoms with E-state index in [0.29, 0.717) is 11.3 Å². The lowest BCUT2D eigenvalue weighted by Crippen LogP contribution is -2.65. The molecule has 0 aliphatic heterocycles. The topological polar surface area (TPSA) is 105 Å². The fourth-order valence-corrected chi connectivity index (χ4v) is 9.41. The summed E-state index contributed by atoms with van der Waals surface area (Å²) >= 11 is 6.67. The van der Waals surface area contributed by atoms with E-state index in [2.05, 4.69) is 25.9 Å². The van der Waals surface area contributed by atoms with E-state index in [4.69, 9.17) is 25.3 Å². The summed E-state index contributed by atoms with van der Waals surface area (Å²) in [5.74, 6) is -3.11. The van der Waals surface area contributed by atoms with Crippen LogP contribution < -0.4 is 9.64 Å². The third-order valence-electron chi connectivity index (χ3n) is 11.0. The van der Waals surface area contributed by atoms with Crippen molar-refractivity contribution >= 4 is 37.2 Å². The molecule has 262 valence electrons. The fourth-order valence-electron chi connectivity index (χ4n) is 7.61. The molecule has 0 bridgehead atoms. The number of carbonyl (C=O) groups excluding carboxylic acids is 2. The predicted molar refractivity (Wildman–Crippen MR) is 189 cm³/mol. The van der Waals surface area contributed by atoms with Gasteiger partial charge in [-0.05, 0) is 74.2 Å². The molecule has 9 nitrogen and oxygen atoms in total. The van der Waals surface area contributed by atoms with Gasteiger partial charge in [-0.15, -0.1) is 0 Å². The average molecular weight is 710 g/mol. The van der Waals surface area contributed by atoms with E-state index in [1.807, 2.05) is 62.4 Å². The van der Waals surface area contributed by atoms with Gasteiger partial charge < -0.3 is 23.7 Å². The van der Waals surface area contributed by atoms with Crippen molar-refractivity contribution in [1.29, 1.82) is 0 Å². The second-order valence-electron chi connectivity index (χ2n) is 15.5. The first-order valence-electron chi connectivity index (χ1n) is 16.6. The summed E-state index contributed by atoms with van der Waals surface area (Å²) in [6, 6.07) is 8.88. The third kappa shape index (κ3) is 5.27. The molecule has 0 amide bonds. The van der Waals surface area contributed by atoms with Crippen LogP contribution in [0.15, 0.2) is 46.2 Å². The number of allylic oxidation sites excluding steroid dienone is 1. The summed E-state index contributed by atoms with van der Waals surface area (Å²) in [5.41, 5.74) is 0.0731. The Hall–Kier alpha value is -3.51. The number of rotatable bonds is 7.